The van der Waals surface area contributed by atoms with E-state index in [1.54, 1.807) is 11.3 Å². The fourth-order valence-electron chi connectivity index (χ4n) is 2.49. The summed E-state index contributed by atoms with van der Waals surface area (Å²) in [5, 5.41) is 6.19. The minimum Gasteiger partial charge on any atom is -0.334 e. The van der Waals surface area contributed by atoms with E-state index in [1.807, 2.05) is 12.1 Å². The van der Waals surface area contributed by atoms with Gasteiger partial charge in [0.2, 0.25) is 5.91 Å². The molecule has 0 bridgehead atoms. The molecule has 3 rings (SSSR count). The smallest absolute Gasteiger partial charge is 0.235 e. The molecule has 1 aliphatic heterocycles. The van der Waals surface area contributed by atoms with Crippen LogP contribution in [0.3, 0.4) is 0 Å². The van der Waals surface area contributed by atoms with Gasteiger partial charge in [0.1, 0.15) is 6.17 Å². The summed E-state index contributed by atoms with van der Waals surface area (Å²) < 4.78 is 1.06. The molecule has 1 unspecified atom stereocenters. The van der Waals surface area contributed by atoms with Gasteiger partial charge in [-0.3, -0.25) is 9.69 Å². The number of thiazole rings is 1. The first-order valence-electron chi connectivity index (χ1n) is 7.26. The standard InChI is InChI=1S/C16H18BrN3OS/c1-10(2)16-18-13(9-22-16)15-19-14(21)8-20(15)7-11-3-5-12(17)6-4-11/h3-6,9-10,15H,7-8H2,1-2H3,(H,19,21). The summed E-state index contributed by atoms with van der Waals surface area (Å²) in [5.74, 6) is 0.469. The van der Waals surface area contributed by atoms with Crippen LogP contribution >= 0.6 is 27.3 Å². The highest BCUT2D eigenvalue weighted by atomic mass is 79.9. The van der Waals surface area contributed by atoms with Crippen molar-refractivity contribution < 1.29 is 4.79 Å². The van der Waals surface area contributed by atoms with Gasteiger partial charge in [-0.15, -0.1) is 11.3 Å². The summed E-state index contributed by atoms with van der Waals surface area (Å²) in [6.45, 7) is 5.41. The highest BCUT2D eigenvalue weighted by Gasteiger charge is 2.32. The number of carbonyl (C=O) groups is 1. The lowest BCUT2D eigenvalue weighted by atomic mass is 10.2. The van der Waals surface area contributed by atoms with E-state index in [0.29, 0.717) is 12.5 Å². The van der Waals surface area contributed by atoms with Crippen molar-refractivity contribution in [3.63, 3.8) is 0 Å². The van der Waals surface area contributed by atoms with Gasteiger partial charge < -0.3 is 5.32 Å². The topological polar surface area (TPSA) is 45.2 Å². The monoisotopic (exact) mass is 379 g/mol. The van der Waals surface area contributed by atoms with E-state index < -0.39 is 0 Å². The Kier molecular flexibility index (Phi) is 4.61. The summed E-state index contributed by atoms with van der Waals surface area (Å²) in [6, 6.07) is 8.19. The third kappa shape index (κ3) is 3.39. The molecule has 1 aliphatic rings. The predicted octanol–water partition coefficient (Wildman–Crippen LogP) is 3.66. The number of hydrogen-bond donors (Lipinski definition) is 1. The Labute approximate surface area is 142 Å². The maximum absolute atomic E-state index is 11.8. The summed E-state index contributed by atoms with van der Waals surface area (Å²) in [7, 11) is 0. The maximum Gasteiger partial charge on any atom is 0.235 e. The number of hydrogen-bond acceptors (Lipinski definition) is 4. The van der Waals surface area contributed by atoms with Crippen molar-refractivity contribution in [3.8, 4) is 0 Å². The lowest BCUT2D eigenvalue weighted by molar-refractivity contribution is -0.118. The Balaban J connectivity index is 1.79. The van der Waals surface area contributed by atoms with Gasteiger partial charge in [-0.2, -0.15) is 0 Å². The Hall–Kier alpha value is -1.24. The molecule has 0 spiro atoms. The molecule has 4 nitrogen and oxygen atoms in total. The molecular formula is C16H18BrN3OS. The maximum atomic E-state index is 11.8. The summed E-state index contributed by atoms with van der Waals surface area (Å²) in [4.78, 5) is 18.7. The van der Waals surface area contributed by atoms with Gasteiger partial charge in [-0.05, 0) is 17.7 Å². The van der Waals surface area contributed by atoms with E-state index in [4.69, 9.17) is 0 Å². The van der Waals surface area contributed by atoms with Crippen LogP contribution in [-0.2, 0) is 11.3 Å². The number of nitrogens with one attached hydrogen (secondary N) is 1. The molecule has 2 aromatic rings. The molecule has 1 fully saturated rings. The molecule has 1 amide bonds. The van der Waals surface area contributed by atoms with Crippen LogP contribution in [-0.4, -0.2) is 22.3 Å². The van der Waals surface area contributed by atoms with E-state index >= 15 is 0 Å². The van der Waals surface area contributed by atoms with Crippen molar-refractivity contribution in [1.29, 1.82) is 0 Å². The molecule has 2 heterocycles. The van der Waals surface area contributed by atoms with Crippen LogP contribution in [0.15, 0.2) is 34.1 Å². The van der Waals surface area contributed by atoms with Gasteiger partial charge in [-0.25, -0.2) is 4.98 Å². The molecule has 0 radical (unpaired) electrons. The van der Waals surface area contributed by atoms with Crippen molar-refractivity contribution in [2.75, 3.05) is 6.54 Å². The third-order valence-electron chi connectivity index (χ3n) is 3.62. The first-order chi connectivity index (χ1) is 10.5. The normalized spacial score (nSPS) is 18.9. The van der Waals surface area contributed by atoms with Crippen LogP contribution in [0, 0.1) is 0 Å². The Morgan fingerprint density at radius 3 is 2.77 bits per heavy atom. The SMILES string of the molecule is CC(C)c1nc(C2NC(=O)CN2Cc2ccc(Br)cc2)cs1. The van der Waals surface area contributed by atoms with Crippen LogP contribution in [0.25, 0.3) is 0 Å². The zero-order valence-corrected chi connectivity index (χ0v) is 14.9. The van der Waals surface area contributed by atoms with Crippen molar-refractivity contribution in [2.24, 2.45) is 0 Å². The zero-order chi connectivity index (χ0) is 15.7. The average molecular weight is 380 g/mol. The highest BCUT2D eigenvalue weighted by molar-refractivity contribution is 9.10. The van der Waals surface area contributed by atoms with Crippen LogP contribution < -0.4 is 5.32 Å². The van der Waals surface area contributed by atoms with Crippen molar-refractivity contribution in [1.82, 2.24) is 15.2 Å². The fraction of sp³-hybridized carbons (Fsp3) is 0.375. The Bertz CT molecular complexity index is 668. The van der Waals surface area contributed by atoms with E-state index in [-0.39, 0.29) is 12.1 Å². The largest absolute Gasteiger partial charge is 0.334 e. The van der Waals surface area contributed by atoms with Crippen molar-refractivity contribution >= 4 is 33.2 Å². The second-order valence-corrected chi connectivity index (χ2v) is 7.57. The molecule has 22 heavy (non-hydrogen) atoms. The lowest BCUT2D eigenvalue weighted by Gasteiger charge is -2.21. The Morgan fingerprint density at radius 2 is 2.14 bits per heavy atom. The molecular weight excluding hydrogens is 362 g/mol. The second kappa shape index (κ2) is 6.48. The van der Waals surface area contributed by atoms with Gasteiger partial charge in [0.05, 0.1) is 17.2 Å². The Morgan fingerprint density at radius 1 is 1.41 bits per heavy atom. The second-order valence-electron chi connectivity index (χ2n) is 5.77. The quantitative estimate of drug-likeness (QED) is 0.881. The minimum atomic E-state index is -0.125. The molecule has 1 N–H and O–H groups in total. The van der Waals surface area contributed by atoms with Gasteiger partial charge in [0.15, 0.2) is 0 Å². The van der Waals surface area contributed by atoms with Gasteiger partial charge in [0, 0.05) is 22.3 Å². The van der Waals surface area contributed by atoms with E-state index in [9.17, 15) is 4.79 Å². The number of aromatic nitrogens is 1. The molecule has 0 aliphatic carbocycles. The minimum absolute atomic E-state index is 0.0567. The van der Waals surface area contributed by atoms with Crippen molar-refractivity contribution in [3.05, 3.63) is 50.4 Å². The number of amides is 1. The third-order valence-corrected chi connectivity index (χ3v) is 5.31. The van der Waals surface area contributed by atoms with Crippen LogP contribution in [0.1, 0.15) is 42.2 Å². The van der Waals surface area contributed by atoms with E-state index in [1.165, 1.54) is 5.56 Å². The van der Waals surface area contributed by atoms with Crippen LogP contribution in [0.4, 0.5) is 0 Å². The molecule has 1 atom stereocenters. The molecule has 0 saturated carbocycles. The molecule has 1 aromatic heterocycles. The summed E-state index contributed by atoms with van der Waals surface area (Å²) >= 11 is 5.10. The number of carbonyl (C=O) groups excluding carboxylic acids is 1. The van der Waals surface area contributed by atoms with Gasteiger partial charge >= 0.3 is 0 Å². The van der Waals surface area contributed by atoms with Crippen LogP contribution in [0.2, 0.25) is 0 Å². The fourth-order valence-corrected chi connectivity index (χ4v) is 3.61. The van der Waals surface area contributed by atoms with Gasteiger partial charge in [-0.1, -0.05) is 41.9 Å². The molecule has 1 saturated heterocycles. The lowest BCUT2D eigenvalue weighted by Crippen LogP contribution is -2.27. The molecule has 1 aromatic carbocycles. The number of benzene rings is 1. The number of halogens is 1. The summed E-state index contributed by atoms with van der Waals surface area (Å²) in [6.07, 6.45) is -0.125. The first-order valence-corrected chi connectivity index (χ1v) is 8.93. The molecule has 6 heteroatoms. The first kappa shape index (κ1) is 15.6. The summed E-state index contributed by atoms with van der Waals surface area (Å²) in [5.41, 5.74) is 2.13. The zero-order valence-electron chi connectivity index (χ0n) is 12.5. The molecule has 116 valence electrons. The highest BCUT2D eigenvalue weighted by Crippen LogP contribution is 2.28. The predicted molar refractivity (Wildman–Crippen MR) is 91.6 cm³/mol. The number of rotatable bonds is 4. The van der Waals surface area contributed by atoms with Gasteiger partial charge in [0.25, 0.3) is 0 Å². The van der Waals surface area contributed by atoms with E-state index in [2.05, 4.69) is 62.5 Å². The number of nitrogens with zero attached hydrogens (tertiary/aromatic N) is 2. The van der Waals surface area contributed by atoms with Crippen LogP contribution in [0.5, 0.6) is 0 Å². The van der Waals surface area contributed by atoms with Crippen molar-refractivity contribution in [2.45, 2.75) is 32.5 Å². The van der Waals surface area contributed by atoms with E-state index in [0.717, 1.165) is 21.7 Å². The average Bonchev–Trinajstić information content (AvgIpc) is 3.08.